The van der Waals surface area contributed by atoms with Gasteiger partial charge in [0.25, 0.3) is 0 Å². The van der Waals surface area contributed by atoms with E-state index in [0.29, 0.717) is 0 Å². The molecule has 0 aliphatic rings. The van der Waals surface area contributed by atoms with E-state index in [2.05, 4.69) is 0 Å². The van der Waals surface area contributed by atoms with Crippen molar-refractivity contribution in [3.8, 4) is 5.75 Å². The summed E-state index contributed by atoms with van der Waals surface area (Å²) in [6.45, 7) is 3.47. The Morgan fingerprint density at radius 3 is 2.50 bits per heavy atom. The summed E-state index contributed by atoms with van der Waals surface area (Å²) in [5, 5.41) is 0. The molecule has 0 N–H and O–H groups in total. The lowest BCUT2D eigenvalue weighted by Crippen LogP contribution is -1.96. The summed E-state index contributed by atoms with van der Waals surface area (Å²) in [7, 11) is 1.61. The molecule has 1 aromatic rings. The van der Waals surface area contributed by atoms with Gasteiger partial charge >= 0.3 is 0 Å². The predicted molar refractivity (Wildman–Crippen MR) is 47.7 cm³/mol. The molecule has 0 radical (unpaired) electrons. The molecule has 0 aromatic heterocycles. The van der Waals surface area contributed by atoms with Crippen LogP contribution < -0.4 is 4.74 Å². The third-order valence-electron chi connectivity index (χ3n) is 1.81. The van der Waals surface area contributed by atoms with Crippen LogP contribution in [0.4, 0.5) is 0 Å². The average molecular weight is 164 g/mol. The molecule has 64 valence electrons. The molecule has 12 heavy (non-hydrogen) atoms. The maximum Gasteiger partial charge on any atom is 0.160 e. The fourth-order valence-electron chi connectivity index (χ4n) is 1.16. The Labute approximate surface area is 72.2 Å². The normalized spacial score (nSPS) is 9.58. The first-order valence-corrected chi connectivity index (χ1v) is 3.80. The van der Waals surface area contributed by atoms with E-state index in [4.69, 9.17) is 4.74 Å². The second-order valence-electron chi connectivity index (χ2n) is 2.74. The van der Waals surface area contributed by atoms with E-state index >= 15 is 0 Å². The molecule has 0 amide bonds. The maximum absolute atomic E-state index is 11.0. The molecule has 2 heteroatoms. The zero-order chi connectivity index (χ0) is 9.14. The van der Waals surface area contributed by atoms with Gasteiger partial charge < -0.3 is 4.74 Å². The van der Waals surface area contributed by atoms with Gasteiger partial charge in [0.1, 0.15) is 5.75 Å². The molecule has 0 fully saturated rings. The van der Waals surface area contributed by atoms with E-state index in [-0.39, 0.29) is 5.78 Å². The van der Waals surface area contributed by atoms with Crippen molar-refractivity contribution >= 4 is 5.78 Å². The molecule has 0 saturated carbocycles. The van der Waals surface area contributed by atoms with Crippen LogP contribution >= 0.6 is 0 Å². The number of hydrogen-bond acceptors (Lipinski definition) is 2. The van der Waals surface area contributed by atoms with Crippen LogP contribution in [0.5, 0.6) is 5.75 Å². The minimum atomic E-state index is 0.0927. The summed E-state index contributed by atoms with van der Waals surface area (Å²) in [5.74, 6) is 0.882. The highest BCUT2D eigenvalue weighted by atomic mass is 16.5. The van der Waals surface area contributed by atoms with Crippen LogP contribution in [-0.2, 0) is 0 Å². The van der Waals surface area contributed by atoms with E-state index in [1.807, 2.05) is 13.0 Å². The Balaban J connectivity index is 3.12. The fraction of sp³-hybridized carbons (Fsp3) is 0.300. The summed E-state index contributed by atoms with van der Waals surface area (Å²) in [4.78, 5) is 11.0. The number of aryl methyl sites for hydroxylation is 1. The SMILES string of the molecule is COc1ccc(C(C)=O)c(C)c1. The minimum absolute atomic E-state index is 0.0927. The smallest absolute Gasteiger partial charge is 0.160 e. The molecule has 0 aliphatic carbocycles. The molecule has 0 spiro atoms. The van der Waals surface area contributed by atoms with Gasteiger partial charge in [-0.25, -0.2) is 0 Å². The zero-order valence-electron chi connectivity index (χ0n) is 7.55. The van der Waals surface area contributed by atoms with Crippen LogP contribution in [0.15, 0.2) is 18.2 Å². The molecule has 2 nitrogen and oxygen atoms in total. The van der Waals surface area contributed by atoms with Crippen molar-refractivity contribution in [1.82, 2.24) is 0 Å². The van der Waals surface area contributed by atoms with Crippen molar-refractivity contribution < 1.29 is 9.53 Å². The summed E-state index contributed by atoms with van der Waals surface area (Å²) >= 11 is 0. The second kappa shape index (κ2) is 3.39. The molecule has 0 saturated heterocycles. The van der Waals surface area contributed by atoms with Crippen molar-refractivity contribution in [2.75, 3.05) is 7.11 Å². The van der Waals surface area contributed by atoms with E-state index in [1.165, 1.54) is 0 Å². The summed E-state index contributed by atoms with van der Waals surface area (Å²) in [5.41, 5.74) is 1.72. The highest BCUT2D eigenvalue weighted by Crippen LogP contribution is 2.16. The molecule has 0 unspecified atom stereocenters. The van der Waals surface area contributed by atoms with Crippen LogP contribution in [-0.4, -0.2) is 12.9 Å². The summed E-state index contributed by atoms with van der Waals surface area (Å²) in [6, 6.07) is 5.44. The lowest BCUT2D eigenvalue weighted by Gasteiger charge is -2.04. The molecule has 1 aromatic carbocycles. The van der Waals surface area contributed by atoms with Crippen molar-refractivity contribution in [1.29, 1.82) is 0 Å². The van der Waals surface area contributed by atoms with E-state index in [0.717, 1.165) is 16.9 Å². The van der Waals surface area contributed by atoms with Crippen LogP contribution in [0.3, 0.4) is 0 Å². The second-order valence-corrected chi connectivity index (χ2v) is 2.74. The first kappa shape index (κ1) is 8.78. The van der Waals surface area contributed by atoms with Gasteiger partial charge in [-0.05, 0) is 37.6 Å². The van der Waals surface area contributed by atoms with Gasteiger partial charge in [-0.2, -0.15) is 0 Å². The highest BCUT2D eigenvalue weighted by Gasteiger charge is 2.03. The topological polar surface area (TPSA) is 26.3 Å². The molecule has 0 bridgehead atoms. The van der Waals surface area contributed by atoms with Crippen molar-refractivity contribution in [2.24, 2.45) is 0 Å². The number of rotatable bonds is 2. The average Bonchev–Trinajstić information content (AvgIpc) is 2.03. The molecule has 0 aliphatic heterocycles. The van der Waals surface area contributed by atoms with Gasteiger partial charge in [-0.1, -0.05) is 0 Å². The summed E-state index contributed by atoms with van der Waals surface area (Å²) in [6.07, 6.45) is 0. The van der Waals surface area contributed by atoms with E-state index in [9.17, 15) is 4.79 Å². The number of carbonyl (C=O) groups excluding carboxylic acids is 1. The number of methoxy groups -OCH3 is 1. The van der Waals surface area contributed by atoms with Crippen LogP contribution in [0, 0.1) is 6.92 Å². The van der Waals surface area contributed by atoms with Gasteiger partial charge in [0.2, 0.25) is 0 Å². The number of ether oxygens (including phenoxy) is 1. The Hall–Kier alpha value is -1.31. The Morgan fingerprint density at radius 2 is 2.08 bits per heavy atom. The number of benzene rings is 1. The molecule has 1 rings (SSSR count). The van der Waals surface area contributed by atoms with E-state index in [1.54, 1.807) is 26.2 Å². The van der Waals surface area contributed by atoms with Gasteiger partial charge in [0.05, 0.1) is 7.11 Å². The Kier molecular flexibility index (Phi) is 2.48. The molecule has 0 heterocycles. The Morgan fingerprint density at radius 1 is 1.42 bits per heavy atom. The van der Waals surface area contributed by atoms with Gasteiger partial charge in [0.15, 0.2) is 5.78 Å². The lowest BCUT2D eigenvalue weighted by atomic mass is 10.1. The van der Waals surface area contributed by atoms with Crippen LogP contribution in [0.2, 0.25) is 0 Å². The maximum atomic E-state index is 11.0. The predicted octanol–water partition coefficient (Wildman–Crippen LogP) is 2.21. The highest BCUT2D eigenvalue weighted by molar-refractivity contribution is 5.95. The third kappa shape index (κ3) is 1.64. The van der Waals surface area contributed by atoms with Crippen molar-refractivity contribution in [2.45, 2.75) is 13.8 Å². The Bertz CT molecular complexity index is 303. The first-order chi connectivity index (χ1) is 5.65. The zero-order valence-corrected chi connectivity index (χ0v) is 7.55. The van der Waals surface area contributed by atoms with Gasteiger partial charge in [-0.3, -0.25) is 4.79 Å². The number of Topliss-reactive ketones (excluding diaryl/α,β-unsaturated/α-hetero) is 1. The van der Waals surface area contributed by atoms with Gasteiger partial charge in [0, 0.05) is 5.56 Å². The lowest BCUT2D eigenvalue weighted by molar-refractivity contribution is 0.101. The molecular formula is C10H12O2. The van der Waals surface area contributed by atoms with E-state index < -0.39 is 0 Å². The third-order valence-corrected chi connectivity index (χ3v) is 1.81. The minimum Gasteiger partial charge on any atom is -0.497 e. The fourth-order valence-corrected chi connectivity index (χ4v) is 1.16. The number of carbonyl (C=O) groups is 1. The van der Waals surface area contributed by atoms with Crippen molar-refractivity contribution in [3.05, 3.63) is 29.3 Å². The number of ketones is 1. The quantitative estimate of drug-likeness (QED) is 0.626. The van der Waals surface area contributed by atoms with Crippen LogP contribution in [0.1, 0.15) is 22.8 Å². The monoisotopic (exact) mass is 164 g/mol. The standard InChI is InChI=1S/C10H12O2/c1-7-6-9(12-3)4-5-10(7)8(2)11/h4-6H,1-3H3. The van der Waals surface area contributed by atoms with Gasteiger partial charge in [-0.15, -0.1) is 0 Å². The molecule has 0 atom stereocenters. The first-order valence-electron chi connectivity index (χ1n) is 3.80. The van der Waals surface area contributed by atoms with Crippen molar-refractivity contribution in [3.63, 3.8) is 0 Å². The number of hydrogen-bond donors (Lipinski definition) is 0. The van der Waals surface area contributed by atoms with Crippen LogP contribution in [0.25, 0.3) is 0 Å². The molecular weight excluding hydrogens is 152 g/mol. The summed E-state index contributed by atoms with van der Waals surface area (Å²) < 4.78 is 5.02. The largest absolute Gasteiger partial charge is 0.497 e.